The predicted molar refractivity (Wildman–Crippen MR) is 179 cm³/mol. The first-order valence-corrected chi connectivity index (χ1v) is 15.8. The molecule has 16 nitrogen and oxygen atoms in total. The maximum absolute atomic E-state index is 11.3. The maximum Gasteiger partial charge on any atom is 0.187 e. The van der Waals surface area contributed by atoms with Crippen molar-refractivity contribution >= 4 is 0 Å². The van der Waals surface area contributed by atoms with Crippen molar-refractivity contribution in [2.45, 2.75) is 182 Å². The van der Waals surface area contributed by atoms with Crippen LogP contribution in [-0.2, 0) is 28.4 Å². The fraction of sp³-hybridized carbons (Fsp3) is 1.00. The summed E-state index contributed by atoms with van der Waals surface area (Å²) in [6.45, 7) is 15.1. The van der Waals surface area contributed by atoms with Gasteiger partial charge in [0.1, 0.15) is 73.2 Å². The van der Waals surface area contributed by atoms with Gasteiger partial charge in [0.05, 0.1) is 25.4 Å². The zero-order valence-corrected chi connectivity index (χ0v) is 28.2. The molecule has 3 aliphatic rings. The van der Waals surface area contributed by atoms with Crippen molar-refractivity contribution in [2.24, 2.45) is 10.8 Å². The van der Waals surface area contributed by atoms with Crippen LogP contribution < -0.4 is 0 Å². The van der Waals surface area contributed by atoms with Crippen molar-refractivity contribution in [1.29, 1.82) is 0 Å². The lowest BCUT2D eigenvalue weighted by Gasteiger charge is -2.55. The molecular weight excluding hydrogens is 652 g/mol. The molecule has 3 fully saturated rings. The Labute approximate surface area is 292 Å². The van der Waals surface area contributed by atoms with E-state index in [0.717, 1.165) is 0 Å². The Balaban J connectivity index is 0. The largest absolute Gasteiger partial charge is 0.394 e. The Morgan fingerprint density at radius 1 is 0.449 bits per heavy atom. The molecule has 0 aromatic rings. The van der Waals surface area contributed by atoms with Gasteiger partial charge in [0, 0.05) is 0 Å². The average molecular weight is 723 g/mol. The van der Waals surface area contributed by atoms with Crippen LogP contribution in [0.25, 0.3) is 0 Å². The highest BCUT2D eigenvalue weighted by Crippen LogP contribution is 2.48. The number of hydrogen-bond donors (Lipinski definition) is 10. The Hall–Kier alpha value is -0.640. The van der Waals surface area contributed by atoms with Gasteiger partial charge in [-0.25, -0.2) is 0 Å². The molecule has 3 rings (SSSR count). The van der Waals surface area contributed by atoms with Crippen LogP contribution >= 0.6 is 0 Å². The summed E-state index contributed by atoms with van der Waals surface area (Å²) in [7, 11) is 0. The van der Waals surface area contributed by atoms with Crippen molar-refractivity contribution in [3.05, 3.63) is 0 Å². The van der Waals surface area contributed by atoms with Gasteiger partial charge in [-0.2, -0.15) is 0 Å². The fourth-order valence-electron chi connectivity index (χ4n) is 5.82. The molecule has 0 radical (unpaired) electrons. The van der Waals surface area contributed by atoms with E-state index >= 15 is 0 Å². The molecular formula is C33H70O16. The lowest BCUT2D eigenvalue weighted by Crippen LogP contribution is -2.68. The normalized spacial score (nSPS) is 40.1. The second-order valence-electron chi connectivity index (χ2n) is 14.0. The number of aliphatic hydroxyl groups is 10. The average Bonchev–Trinajstić information content (AvgIpc) is 2.99. The molecule has 11 unspecified atom stereocenters. The van der Waals surface area contributed by atoms with E-state index < -0.39 is 128 Å². The van der Waals surface area contributed by atoms with Gasteiger partial charge in [0.2, 0.25) is 0 Å². The molecule has 3 saturated heterocycles. The van der Waals surface area contributed by atoms with Gasteiger partial charge in [0.15, 0.2) is 18.9 Å². The minimum absolute atomic E-state index is 0. The Morgan fingerprint density at radius 3 is 1.08 bits per heavy atom. The van der Waals surface area contributed by atoms with Crippen molar-refractivity contribution in [1.82, 2.24) is 0 Å². The van der Waals surface area contributed by atoms with Crippen LogP contribution in [0.2, 0.25) is 0 Å². The van der Waals surface area contributed by atoms with Crippen LogP contribution in [0.15, 0.2) is 0 Å². The first-order chi connectivity index (χ1) is 21.2. The molecule has 298 valence electrons. The molecule has 49 heavy (non-hydrogen) atoms. The SMILES string of the molecule is C.C.C.CC.CC(C)(C)C(C)(OC1OC(CO)C(O)C(OC2OC(CO)C(O)C(O)C2O)C1OC1O[C@H](CO)[C@@H](O)[C@H](O)[C@@H]1O)C(C)(C)C. The van der Waals surface area contributed by atoms with E-state index in [0.29, 0.717) is 0 Å². The van der Waals surface area contributed by atoms with Crippen molar-refractivity contribution in [3.63, 3.8) is 0 Å². The summed E-state index contributed by atoms with van der Waals surface area (Å²) in [5.41, 5.74) is -2.17. The Morgan fingerprint density at radius 2 is 0.755 bits per heavy atom. The highest BCUT2D eigenvalue weighted by Gasteiger charge is 2.58. The molecule has 0 amide bonds. The Kier molecular flexibility index (Phi) is 20.6. The number of hydrogen-bond acceptors (Lipinski definition) is 16. The third kappa shape index (κ3) is 10.5. The Bertz CT molecular complexity index is 894. The van der Waals surface area contributed by atoms with E-state index in [9.17, 15) is 51.1 Å². The van der Waals surface area contributed by atoms with Crippen molar-refractivity contribution < 1.29 is 79.5 Å². The molecule has 3 aliphatic heterocycles. The molecule has 0 spiro atoms. The number of rotatable bonds is 9. The first kappa shape index (κ1) is 50.5. The molecule has 0 aliphatic carbocycles. The molecule has 0 saturated carbocycles. The molecule has 15 atom stereocenters. The second kappa shape index (κ2) is 20.0. The molecule has 16 heteroatoms. The summed E-state index contributed by atoms with van der Waals surface area (Å²) in [6.07, 6.45) is -24.8. The van der Waals surface area contributed by atoms with E-state index in [1.165, 1.54) is 0 Å². The maximum atomic E-state index is 11.3. The summed E-state index contributed by atoms with van der Waals surface area (Å²) in [5, 5.41) is 103. The van der Waals surface area contributed by atoms with E-state index in [-0.39, 0.29) is 22.3 Å². The van der Waals surface area contributed by atoms with Gasteiger partial charge in [-0.3, -0.25) is 0 Å². The lowest BCUT2D eigenvalue weighted by molar-refractivity contribution is -0.407. The third-order valence-electron chi connectivity index (χ3n) is 9.29. The van der Waals surface area contributed by atoms with Gasteiger partial charge in [0.25, 0.3) is 0 Å². The van der Waals surface area contributed by atoms with E-state index in [4.69, 9.17) is 28.4 Å². The van der Waals surface area contributed by atoms with Gasteiger partial charge in [-0.1, -0.05) is 77.7 Å². The quantitative estimate of drug-likeness (QED) is 0.140. The highest BCUT2D eigenvalue weighted by molar-refractivity contribution is 5.01. The van der Waals surface area contributed by atoms with Gasteiger partial charge in [-0.05, 0) is 17.8 Å². The first-order valence-electron chi connectivity index (χ1n) is 15.8. The highest BCUT2D eigenvalue weighted by atomic mass is 16.8. The fourth-order valence-corrected chi connectivity index (χ4v) is 5.82. The van der Waals surface area contributed by atoms with E-state index in [1.54, 1.807) is 0 Å². The van der Waals surface area contributed by atoms with E-state index in [2.05, 4.69) is 0 Å². The number of aliphatic hydroxyl groups excluding tert-OH is 10. The lowest BCUT2D eigenvalue weighted by atomic mass is 9.63. The summed E-state index contributed by atoms with van der Waals surface area (Å²) < 4.78 is 35.7. The van der Waals surface area contributed by atoms with Crippen LogP contribution in [-0.4, -0.2) is 169 Å². The van der Waals surface area contributed by atoms with Crippen LogP contribution in [0.5, 0.6) is 0 Å². The standard InChI is InChI=1S/C28H52O16.C2H6.3CH4/c1-26(2,3)28(7,27(4,5)6)44-25-22(43-24-20(38)18(36)15(33)12(9-30)40-24)21(16(34)13(10-31)41-25)42-23-19(37)17(35)14(32)11(8-29)39-23;1-2;;;/h11-25,29-38H,8-10H2,1-7H3;1-2H3;3*1H4/t11?,12-,13?,14?,15-,16?,17?,18+,19?,20+,21?,22?,23?,24?,25?;;;;/m1..../s1. The molecule has 0 aromatic carbocycles. The van der Waals surface area contributed by atoms with Crippen LogP contribution in [0.3, 0.4) is 0 Å². The zero-order chi connectivity index (χ0) is 35.5. The van der Waals surface area contributed by atoms with Crippen molar-refractivity contribution in [3.8, 4) is 0 Å². The second-order valence-corrected chi connectivity index (χ2v) is 14.0. The van der Waals surface area contributed by atoms with Crippen molar-refractivity contribution in [2.75, 3.05) is 19.8 Å². The predicted octanol–water partition coefficient (Wildman–Crippen LogP) is -0.763. The molecule has 10 N–H and O–H groups in total. The van der Waals surface area contributed by atoms with Crippen LogP contribution in [0.1, 0.15) is 84.6 Å². The van der Waals surface area contributed by atoms with Gasteiger partial charge < -0.3 is 79.5 Å². The van der Waals surface area contributed by atoms with Crippen LogP contribution in [0.4, 0.5) is 0 Å². The number of ether oxygens (including phenoxy) is 6. The summed E-state index contributed by atoms with van der Waals surface area (Å²) in [5.74, 6) is 0. The third-order valence-corrected chi connectivity index (χ3v) is 9.29. The molecule has 0 bridgehead atoms. The van der Waals surface area contributed by atoms with Gasteiger partial charge >= 0.3 is 0 Å². The minimum Gasteiger partial charge on any atom is -0.394 e. The monoisotopic (exact) mass is 722 g/mol. The van der Waals surface area contributed by atoms with E-state index in [1.807, 2.05) is 62.3 Å². The minimum atomic E-state index is -1.88. The van der Waals surface area contributed by atoms with Crippen LogP contribution in [0, 0.1) is 10.8 Å². The summed E-state index contributed by atoms with van der Waals surface area (Å²) in [6, 6.07) is 0. The molecule has 0 aromatic heterocycles. The smallest absolute Gasteiger partial charge is 0.187 e. The topological polar surface area (TPSA) is 258 Å². The summed E-state index contributed by atoms with van der Waals surface area (Å²) >= 11 is 0. The van der Waals surface area contributed by atoms with Gasteiger partial charge in [-0.15, -0.1) is 0 Å². The summed E-state index contributed by atoms with van der Waals surface area (Å²) in [4.78, 5) is 0. The molecule has 3 heterocycles. The zero-order valence-electron chi connectivity index (χ0n) is 28.2.